The lowest BCUT2D eigenvalue weighted by Gasteiger charge is -2.36. The van der Waals surface area contributed by atoms with Crippen molar-refractivity contribution in [1.29, 1.82) is 0 Å². The van der Waals surface area contributed by atoms with Crippen LogP contribution in [0.2, 0.25) is 0 Å². The van der Waals surface area contributed by atoms with E-state index in [9.17, 15) is 4.21 Å². The Morgan fingerprint density at radius 2 is 2.25 bits per heavy atom. The zero-order chi connectivity index (χ0) is 14.2. The minimum atomic E-state index is -1.03. The van der Waals surface area contributed by atoms with E-state index in [0.717, 1.165) is 36.3 Å². The van der Waals surface area contributed by atoms with Crippen LogP contribution in [-0.2, 0) is 20.3 Å². The molecule has 0 aromatic heterocycles. The largest absolute Gasteiger partial charge is 0.398 e. The number of hydrogen-bond acceptors (Lipinski definition) is 4. The molecule has 3 rings (SSSR count). The molecule has 0 aliphatic carbocycles. The molecule has 0 radical (unpaired) electrons. The number of ether oxygens (including phenoxy) is 2. The van der Waals surface area contributed by atoms with Gasteiger partial charge in [0.25, 0.3) is 0 Å². The van der Waals surface area contributed by atoms with E-state index in [0.29, 0.717) is 18.9 Å². The van der Waals surface area contributed by atoms with Crippen molar-refractivity contribution in [3.8, 4) is 0 Å². The van der Waals surface area contributed by atoms with E-state index in [1.165, 1.54) is 0 Å². The summed E-state index contributed by atoms with van der Waals surface area (Å²) in [6.45, 7) is 3.99. The summed E-state index contributed by atoms with van der Waals surface area (Å²) in [7, 11) is -1.03. The normalized spacial score (nSPS) is 31.6. The van der Waals surface area contributed by atoms with Crippen molar-refractivity contribution in [3.63, 3.8) is 0 Å². The Balaban J connectivity index is 1.81. The summed E-state index contributed by atoms with van der Waals surface area (Å²) in [4.78, 5) is 0.867. The Morgan fingerprint density at radius 1 is 1.40 bits per heavy atom. The van der Waals surface area contributed by atoms with Crippen LogP contribution in [0.4, 0.5) is 5.69 Å². The molecule has 1 aromatic carbocycles. The van der Waals surface area contributed by atoms with Gasteiger partial charge in [0.15, 0.2) is 0 Å². The van der Waals surface area contributed by atoms with Gasteiger partial charge < -0.3 is 15.2 Å². The summed E-state index contributed by atoms with van der Waals surface area (Å²) < 4.78 is 24.3. The molecule has 2 aliphatic heterocycles. The Bertz CT molecular complexity index is 526. The van der Waals surface area contributed by atoms with Crippen molar-refractivity contribution in [2.45, 2.75) is 41.9 Å². The van der Waals surface area contributed by atoms with Crippen LogP contribution in [0.1, 0.15) is 24.8 Å². The van der Waals surface area contributed by atoms with Gasteiger partial charge in [0.1, 0.15) is 0 Å². The molecule has 5 heteroatoms. The zero-order valence-corrected chi connectivity index (χ0v) is 12.6. The van der Waals surface area contributed by atoms with Gasteiger partial charge in [0.2, 0.25) is 0 Å². The van der Waals surface area contributed by atoms with E-state index in [4.69, 9.17) is 15.2 Å². The third kappa shape index (κ3) is 2.50. The van der Waals surface area contributed by atoms with Crippen molar-refractivity contribution >= 4 is 16.5 Å². The summed E-state index contributed by atoms with van der Waals surface area (Å²) in [5.74, 6) is 0. The second-order valence-electron chi connectivity index (χ2n) is 5.72. The van der Waals surface area contributed by atoms with Crippen LogP contribution in [0, 0.1) is 6.92 Å². The van der Waals surface area contributed by atoms with Crippen molar-refractivity contribution < 1.29 is 13.7 Å². The molecular weight excluding hydrogens is 274 g/mol. The van der Waals surface area contributed by atoms with Crippen LogP contribution in [0.15, 0.2) is 23.1 Å². The van der Waals surface area contributed by atoms with Gasteiger partial charge in [0, 0.05) is 35.5 Å². The second kappa shape index (κ2) is 5.47. The monoisotopic (exact) mass is 295 g/mol. The highest BCUT2D eigenvalue weighted by Gasteiger charge is 2.42. The number of rotatable bonds is 2. The van der Waals surface area contributed by atoms with Crippen LogP contribution < -0.4 is 5.73 Å². The fourth-order valence-corrected chi connectivity index (χ4v) is 4.81. The molecule has 0 bridgehead atoms. The molecule has 3 unspecified atom stereocenters. The standard InChI is InChI=1S/C15H21NO3S/c1-11-13(16)3-2-4-14(11)20(17)12-5-7-19-15(9-12)6-8-18-10-15/h2-4,12H,5-10,16H2,1H3. The quantitative estimate of drug-likeness (QED) is 0.848. The van der Waals surface area contributed by atoms with E-state index >= 15 is 0 Å². The molecule has 20 heavy (non-hydrogen) atoms. The van der Waals surface area contributed by atoms with Crippen molar-refractivity contribution in [2.24, 2.45) is 0 Å². The van der Waals surface area contributed by atoms with Crippen LogP contribution in [0.25, 0.3) is 0 Å². The van der Waals surface area contributed by atoms with Crippen LogP contribution in [0.3, 0.4) is 0 Å². The molecule has 2 fully saturated rings. The van der Waals surface area contributed by atoms with Gasteiger partial charge in [0.05, 0.1) is 23.0 Å². The smallest absolute Gasteiger partial charge is 0.0948 e. The van der Waals surface area contributed by atoms with Gasteiger partial charge in [-0.15, -0.1) is 0 Å². The molecule has 2 saturated heterocycles. The summed E-state index contributed by atoms with van der Waals surface area (Å²) in [6.07, 6.45) is 2.56. The first-order chi connectivity index (χ1) is 9.61. The lowest BCUT2D eigenvalue weighted by atomic mass is 9.93. The summed E-state index contributed by atoms with van der Waals surface area (Å²) in [5, 5.41) is 0.131. The molecule has 1 spiro atoms. The number of hydrogen-bond donors (Lipinski definition) is 1. The van der Waals surface area contributed by atoms with Crippen LogP contribution >= 0.6 is 0 Å². The molecule has 110 valence electrons. The van der Waals surface area contributed by atoms with Gasteiger partial charge in [-0.05, 0) is 37.5 Å². The van der Waals surface area contributed by atoms with Gasteiger partial charge in [-0.25, -0.2) is 0 Å². The number of benzene rings is 1. The average Bonchev–Trinajstić information content (AvgIpc) is 2.89. The van der Waals surface area contributed by atoms with E-state index in [1.807, 2.05) is 25.1 Å². The fourth-order valence-electron chi connectivity index (χ4n) is 3.06. The second-order valence-corrected chi connectivity index (χ2v) is 7.42. The van der Waals surface area contributed by atoms with Gasteiger partial charge >= 0.3 is 0 Å². The third-order valence-electron chi connectivity index (χ3n) is 4.36. The highest BCUT2D eigenvalue weighted by molar-refractivity contribution is 7.85. The maximum Gasteiger partial charge on any atom is 0.0948 e. The summed E-state index contributed by atoms with van der Waals surface area (Å²) in [5.41, 5.74) is 7.37. The first kappa shape index (κ1) is 14.0. The molecule has 0 saturated carbocycles. The molecule has 0 amide bonds. The van der Waals surface area contributed by atoms with Crippen molar-refractivity contribution in [1.82, 2.24) is 0 Å². The molecule has 1 aromatic rings. The highest BCUT2D eigenvalue weighted by atomic mass is 32.2. The third-order valence-corrected chi connectivity index (χ3v) is 6.24. The maximum absolute atomic E-state index is 12.9. The predicted octanol–water partition coefficient (Wildman–Crippen LogP) is 2.02. The minimum Gasteiger partial charge on any atom is -0.398 e. The highest BCUT2D eigenvalue weighted by Crippen LogP contribution is 2.36. The van der Waals surface area contributed by atoms with Crippen molar-refractivity contribution in [3.05, 3.63) is 23.8 Å². The Hall–Kier alpha value is -0.910. The minimum absolute atomic E-state index is 0.131. The summed E-state index contributed by atoms with van der Waals surface area (Å²) in [6, 6.07) is 5.66. The lowest BCUT2D eigenvalue weighted by Crippen LogP contribution is -2.43. The van der Waals surface area contributed by atoms with E-state index in [1.54, 1.807) is 0 Å². The predicted molar refractivity (Wildman–Crippen MR) is 79.1 cm³/mol. The zero-order valence-electron chi connectivity index (χ0n) is 11.8. The van der Waals surface area contributed by atoms with E-state index < -0.39 is 10.8 Å². The molecule has 4 nitrogen and oxygen atoms in total. The first-order valence-corrected chi connectivity index (χ1v) is 8.30. The Morgan fingerprint density at radius 3 is 3.00 bits per heavy atom. The Labute approximate surface area is 122 Å². The van der Waals surface area contributed by atoms with Crippen LogP contribution in [0.5, 0.6) is 0 Å². The molecule has 3 atom stereocenters. The number of anilines is 1. The molecule has 2 heterocycles. The van der Waals surface area contributed by atoms with E-state index in [2.05, 4.69) is 0 Å². The van der Waals surface area contributed by atoms with Crippen LogP contribution in [-0.4, -0.2) is 34.9 Å². The van der Waals surface area contributed by atoms with Crippen molar-refractivity contribution in [2.75, 3.05) is 25.6 Å². The molecule has 2 aliphatic rings. The number of nitrogens with two attached hydrogens (primary N) is 1. The maximum atomic E-state index is 12.9. The van der Waals surface area contributed by atoms with E-state index in [-0.39, 0.29) is 10.9 Å². The SMILES string of the molecule is Cc1c(N)cccc1S(=O)C1CCOC2(CCOC2)C1. The van der Waals surface area contributed by atoms with Gasteiger partial charge in [-0.3, -0.25) is 4.21 Å². The Kier molecular flexibility index (Phi) is 3.84. The number of nitrogen functional groups attached to an aromatic ring is 1. The average molecular weight is 295 g/mol. The topological polar surface area (TPSA) is 61.6 Å². The van der Waals surface area contributed by atoms with Gasteiger partial charge in [-0.2, -0.15) is 0 Å². The fraction of sp³-hybridized carbons (Fsp3) is 0.600. The van der Waals surface area contributed by atoms with Gasteiger partial charge in [-0.1, -0.05) is 6.07 Å². The lowest BCUT2D eigenvalue weighted by molar-refractivity contribution is -0.0774. The summed E-state index contributed by atoms with van der Waals surface area (Å²) >= 11 is 0. The molecule has 2 N–H and O–H groups in total. The first-order valence-electron chi connectivity index (χ1n) is 7.09. The molecular formula is C15H21NO3S.